The van der Waals surface area contributed by atoms with Crippen molar-refractivity contribution in [3.05, 3.63) is 102 Å². The lowest BCUT2D eigenvalue weighted by Crippen LogP contribution is -2.24. The molecular weight excluding hydrogens is 388 g/mol. The Morgan fingerprint density at radius 2 is 1.81 bits per heavy atom. The summed E-state index contributed by atoms with van der Waals surface area (Å²) in [5, 5.41) is 7.28. The first-order chi connectivity index (χ1) is 15.2. The van der Waals surface area contributed by atoms with Gasteiger partial charge in [0.15, 0.2) is 0 Å². The van der Waals surface area contributed by atoms with Gasteiger partial charge in [-0.1, -0.05) is 36.4 Å². The molecule has 1 amide bonds. The van der Waals surface area contributed by atoms with Crippen LogP contribution in [-0.4, -0.2) is 29.8 Å². The van der Waals surface area contributed by atoms with Gasteiger partial charge in [-0.2, -0.15) is 5.10 Å². The van der Waals surface area contributed by atoms with Gasteiger partial charge in [0, 0.05) is 32.5 Å². The van der Waals surface area contributed by atoms with E-state index in [1.54, 1.807) is 10.9 Å². The van der Waals surface area contributed by atoms with Crippen molar-refractivity contribution >= 4 is 16.9 Å². The van der Waals surface area contributed by atoms with Crippen LogP contribution >= 0.6 is 0 Å². The van der Waals surface area contributed by atoms with Crippen molar-refractivity contribution in [2.75, 3.05) is 0 Å². The zero-order valence-electron chi connectivity index (χ0n) is 17.1. The molecule has 0 radical (unpaired) electrons. The van der Waals surface area contributed by atoms with Crippen LogP contribution in [0.25, 0.3) is 16.9 Å². The average Bonchev–Trinajstić information content (AvgIpc) is 3.53. The van der Waals surface area contributed by atoms with Gasteiger partial charge in [-0.25, -0.2) is 4.98 Å². The Bertz CT molecular complexity index is 1350. The van der Waals surface area contributed by atoms with Crippen LogP contribution in [0.5, 0.6) is 0 Å². The number of nitrogens with zero attached hydrogens (tertiary/aromatic N) is 5. The van der Waals surface area contributed by atoms with Gasteiger partial charge in [0.1, 0.15) is 11.4 Å². The van der Waals surface area contributed by atoms with Crippen LogP contribution in [0.3, 0.4) is 0 Å². The molecule has 2 aromatic carbocycles. The fourth-order valence-corrected chi connectivity index (χ4v) is 3.82. The fraction of sp³-hybridized carbons (Fsp3) is 0.125. The molecule has 0 spiro atoms. The van der Waals surface area contributed by atoms with Gasteiger partial charge in [0.05, 0.1) is 23.6 Å². The number of carbonyl (C=O) groups is 1. The molecule has 0 fully saturated rings. The number of amides is 1. The molecule has 7 nitrogen and oxygen atoms in total. The summed E-state index contributed by atoms with van der Waals surface area (Å²) in [5.41, 5.74) is 4.84. The van der Waals surface area contributed by atoms with Crippen LogP contribution < -0.4 is 5.32 Å². The number of imidazole rings is 1. The zero-order valence-corrected chi connectivity index (χ0v) is 17.1. The predicted octanol–water partition coefficient (Wildman–Crippen LogP) is 3.54. The molecule has 0 aliphatic rings. The summed E-state index contributed by atoms with van der Waals surface area (Å²) in [4.78, 5) is 17.3. The Morgan fingerprint density at radius 3 is 2.68 bits per heavy atom. The molecule has 0 aliphatic heterocycles. The highest BCUT2D eigenvalue weighted by Crippen LogP contribution is 2.16. The third-order valence-electron chi connectivity index (χ3n) is 5.33. The molecule has 0 aliphatic carbocycles. The van der Waals surface area contributed by atoms with E-state index in [1.807, 2.05) is 72.8 Å². The molecule has 1 N–H and O–H groups in total. The highest BCUT2D eigenvalue weighted by molar-refractivity contribution is 5.97. The number of hydrogen-bond donors (Lipinski definition) is 1. The van der Waals surface area contributed by atoms with Crippen LogP contribution in [0, 0.1) is 0 Å². The number of aromatic nitrogens is 5. The van der Waals surface area contributed by atoms with Crippen LogP contribution in [-0.2, 0) is 20.1 Å². The number of aryl methyl sites for hydroxylation is 1. The van der Waals surface area contributed by atoms with Crippen LogP contribution in [0.15, 0.2) is 85.6 Å². The number of fused-ring (bicyclic) bond motifs is 1. The van der Waals surface area contributed by atoms with Crippen molar-refractivity contribution in [2.24, 2.45) is 7.05 Å². The van der Waals surface area contributed by atoms with E-state index in [-0.39, 0.29) is 5.91 Å². The molecular formula is C24H22N6O. The van der Waals surface area contributed by atoms with Gasteiger partial charge in [-0.15, -0.1) is 0 Å². The van der Waals surface area contributed by atoms with Crippen molar-refractivity contribution in [1.29, 1.82) is 0 Å². The molecule has 5 aromatic rings. The SMILES string of the molecule is Cn1ncc(C(=O)NCc2cccc(Cn3cnc4ccccc43)c2)c1-n1cccc1. The third kappa shape index (κ3) is 3.73. The normalized spacial score (nSPS) is 11.1. The fourth-order valence-electron chi connectivity index (χ4n) is 3.82. The summed E-state index contributed by atoms with van der Waals surface area (Å²) in [6.07, 6.45) is 7.27. The molecule has 0 saturated heterocycles. The van der Waals surface area contributed by atoms with E-state index in [9.17, 15) is 4.79 Å². The second kappa shape index (κ2) is 7.95. The van der Waals surface area contributed by atoms with Gasteiger partial charge in [0.2, 0.25) is 0 Å². The maximum absolute atomic E-state index is 12.8. The quantitative estimate of drug-likeness (QED) is 0.466. The second-order valence-electron chi connectivity index (χ2n) is 7.46. The summed E-state index contributed by atoms with van der Waals surface area (Å²) in [5.74, 6) is 0.589. The summed E-state index contributed by atoms with van der Waals surface area (Å²) in [6, 6.07) is 20.2. The van der Waals surface area contributed by atoms with E-state index in [0.29, 0.717) is 12.1 Å². The number of carbonyl (C=O) groups excluding carboxylic acids is 1. The first-order valence-corrected chi connectivity index (χ1v) is 10.1. The van der Waals surface area contributed by atoms with Gasteiger partial charge < -0.3 is 14.5 Å². The Balaban J connectivity index is 1.30. The molecule has 31 heavy (non-hydrogen) atoms. The molecule has 0 atom stereocenters. The standard InChI is InChI=1S/C24H22N6O/c1-28-24(29-11-4-5-12-29)20(15-27-28)23(31)25-14-18-7-6-8-19(13-18)16-30-17-26-21-9-2-3-10-22(21)30/h2-13,15,17H,14,16H2,1H3,(H,25,31). The minimum atomic E-state index is -0.150. The summed E-state index contributed by atoms with van der Waals surface area (Å²) >= 11 is 0. The highest BCUT2D eigenvalue weighted by atomic mass is 16.1. The van der Waals surface area contributed by atoms with Crippen molar-refractivity contribution in [3.8, 4) is 5.82 Å². The number of para-hydroxylation sites is 2. The molecule has 0 saturated carbocycles. The van der Waals surface area contributed by atoms with Crippen molar-refractivity contribution in [1.82, 2.24) is 29.2 Å². The van der Waals surface area contributed by atoms with Gasteiger partial charge in [-0.3, -0.25) is 9.48 Å². The second-order valence-corrected chi connectivity index (χ2v) is 7.46. The van der Waals surface area contributed by atoms with E-state index in [0.717, 1.165) is 34.5 Å². The lowest BCUT2D eigenvalue weighted by molar-refractivity contribution is 0.0951. The number of hydrogen-bond acceptors (Lipinski definition) is 3. The van der Waals surface area contributed by atoms with E-state index in [2.05, 4.69) is 38.2 Å². The summed E-state index contributed by atoms with van der Waals surface area (Å²) < 4.78 is 5.72. The van der Waals surface area contributed by atoms with E-state index in [4.69, 9.17) is 0 Å². The van der Waals surface area contributed by atoms with Gasteiger partial charge in [0.25, 0.3) is 5.91 Å². The number of nitrogens with one attached hydrogen (secondary N) is 1. The molecule has 0 bridgehead atoms. The maximum atomic E-state index is 12.8. The summed E-state index contributed by atoms with van der Waals surface area (Å²) in [6.45, 7) is 1.17. The van der Waals surface area contributed by atoms with Gasteiger partial charge in [-0.05, 0) is 35.4 Å². The molecule has 3 aromatic heterocycles. The lowest BCUT2D eigenvalue weighted by Gasteiger charge is -2.10. The van der Waals surface area contributed by atoms with Crippen LogP contribution in [0.4, 0.5) is 0 Å². The first-order valence-electron chi connectivity index (χ1n) is 10.1. The van der Waals surface area contributed by atoms with E-state index < -0.39 is 0 Å². The monoisotopic (exact) mass is 410 g/mol. The predicted molar refractivity (Wildman–Crippen MR) is 119 cm³/mol. The summed E-state index contributed by atoms with van der Waals surface area (Å²) in [7, 11) is 1.83. The smallest absolute Gasteiger partial charge is 0.256 e. The molecule has 0 unspecified atom stereocenters. The number of benzene rings is 2. The average molecular weight is 410 g/mol. The maximum Gasteiger partial charge on any atom is 0.256 e. The van der Waals surface area contributed by atoms with Crippen molar-refractivity contribution in [3.63, 3.8) is 0 Å². The van der Waals surface area contributed by atoms with Crippen molar-refractivity contribution < 1.29 is 4.79 Å². The van der Waals surface area contributed by atoms with Crippen molar-refractivity contribution in [2.45, 2.75) is 13.1 Å². The van der Waals surface area contributed by atoms with E-state index >= 15 is 0 Å². The van der Waals surface area contributed by atoms with E-state index in [1.165, 1.54) is 0 Å². The molecule has 154 valence electrons. The third-order valence-corrected chi connectivity index (χ3v) is 5.33. The Morgan fingerprint density at radius 1 is 1.00 bits per heavy atom. The van der Waals surface area contributed by atoms with Crippen LogP contribution in [0.1, 0.15) is 21.5 Å². The number of rotatable bonds is 6. The minimum absolute atomic E-state index is 0.150. The zero-order chi connectivity index (χ0) is 21.2. The largest absolute Gasteiger partial charge is 0.348 e. The molecule has 7 heteroatoms. The Kier molecular flexibility index (Phi) is 4.84. The Labute approximate surface area is 179 Å². The topological polar surface area (TPSA) is 69.7 Å². The Hall–Kier alpha value is -4.13. The highest BCUT2D eigenvalue weighted by Gasteiger charge is 2.17. The molecule has 5 rings (SSSR count). The van der Waals surface area contributed by atoms with Crippen LogP contribution in [0.2, 0.25) is 0 Å². The van der Waals surface area contributed by atoms with Gasteiger partial charge >= 0.3 is 0 Å². The lowest BCUT2D eigenvalue weighted by atomic mass is 10.1. The minimum Gasteiger partial charge on any atom is -0.348 e. The first kappa shape index (κ1) is 18.9. The molecule has 3 heterocycles.